The minimum Gasteiger partial charge on any atom is -0.294 e. The van der Waals surface area contributed by atoms with E-state index < -0.39 is 0 Å². The van der Waals surface area contributed by atoms with Gasteiger partial charge in [0.1, 0.15) is 0 Å². The summed E-state index contributed by atoms with van der Waals surface area (Å²) in [6, 6.07) is 3.87. The van der Waals surface area contributed by atoms with Gasteiger partial charge in [0, 0.05) is 20.4 Å². The standard InChI is InChI=1S/C12H14Br2O/c1-4-7(2)12(15)9-6-10(13)8(3)5-11(9)14/h5-7H,4H2,1-3H3. The first-order valence-electron chi connectivity index (χ1n) is 4.97. The van der Waals surface area contributed by atoms with E-state index in [0.29, 0.717) is 0 Å². The van der Waals surface area contributed by atoms with E-state index in [1.807, 2.05) is 32.9 Å². The van der Waals surface area contributed by atoms with E-state index in [2.05, 4.69) is 31.9 Å². The molecule has 15 heavy (non-hydrogen) atoms. The molecule has 0 saturated heterocycles. The van der Waals surface area contributed by atoms with Gasteiger partial charge in [0.2, 0.25) is 0 Å². The molecule has 0 fully saturated rings. The van der Waals surface area contributed by atoms with Gasteiger partial charge in [-0.25, -0.2) is 0 Å². The van der Waals surface area contributed by atoms with Crippen LogP contribution in [0.1, 0.15) is 36.2 Å². The van der Waals surface area contributed by atoms with Crippen molar-refractivity contribution in [1.82, 2.24) is 0 Å². The van der Waals surface area contributed by atoms with Crippen LogP contribution < -0.4 is 0 Å². The molecule has 82 valence electrons. The molecule has 0 heterocycles. The van der Waals surface area contributed by atoms with Crippen LogP contribution >= 0.6 is 31.9 Å². The van der Waals surface area contributed by atoms with Gasteiger partial charge in [-0.15, -0.1) is 0 Å². The number of aryl methyl sites for hydroxylation is 1. The predicted molar refractivity (Wildman–Crippen MR) is 70.4 cm³/mol. The maximum Gasteiger partial charge on any atom is 0.166 e. The van der Waals surface area contributed by atoms with Crippen molar-refractivity contribution in [3.05, 3.63) is 32.2 Å². The largest absolute Gasteiger partial charge is 0.294 e. The number of hydrogen-bond acceptors (Lipinski definition) is 1. The highest BCUT2D eigenvalue weighted by atomic mass is 79.9. The highest BCUT2D eigenvalue weighted by Crippen LogP contribution is 2.27. The smallest absolute Gasteiger partial charge is 0.166 e. The van der Waals surface area contributed by atoms with Crippen LogP contribution in [0.5, 0.6) is 0 Å². The maximum atomic E-state index is 12.0. The molecule has 1 rings (SSSR count). The minimum atomic E-state index is 0.0795. The van der Waals surface area contributed by atoms with Crippen molar-refractivity contribution in [1.29, 1.82) is 0 Å². The number of ketones is 1. The Labute approximate surface area is 108 Å². The Morgan fingerprint density at radius 2 is 1.93 bits per heavy atom. The monoisotopic (exact) mass is 332 g/mol. The number of halogens is 2. The van der Waals surface area contributed by atoms with Crippen LogP contribution in [0.4, 0.5) is 0 Å². The van der Waals surface area contributed by atoms with E-state index in [-0.39, 0.29) is 11.7 Å². The Morgan fingerprint density at radius 3 is 2.47 bits per heavy atom. The van der Waals surface area contributed by atoms with E-state index in [1.54, 1.807) is 0 Å². The first-order chi connectivity index (χ1) is 6.97. The molecular weight excluding hydrogens is 320 g/mol. The van der Waals surface area contributed by atoms with Crippen molar-refractivity contribution in [2.75, 3.05) is 0 Å². The summed E-state index contributed by atoms with van der Waals surface area (Å²) in [5.41, 5.74) is 1.89. The summed E-state index contributed by atoms with van der Waals surface area (Å²) in [6.45, 7) is 5.99. The van der Waals surface area contributed by atoms with Crippen molar-refractivity contribution in [2.24, 2.45) is 5.92 Å². The van der Waals surface area contributed by atoms with Gasteiger partial charge >= 0.3 is 0 Å². The summed E-state index contributed by atoms with van der Waals surface area (Å²) in [7, 11) is 0. The van der Waals surface area contributed by atoms with Gasteiger partial charge in [-0.05, 0) is 31.0 Å². The van der Waals surface area contributed by atoms with E-state index in [9.17, 15) is 4.79 Å². The molecule has 0 bridgehead atoms. The molecule has 0 spiro atoms. The molecule has 0 amide bonds. The Kier molecular flexibility index (Phi) is 4.53. The Balaban J connectivity index is 3.15. The van der Waals surface area contributed by atoms with Crippen molar-refractivity contribution < 1.29 is 4.79 Å². The molecular formula is C12H14Br2O. The highest BCUT2D eigenvalue weighted by molar-refractivity contribution is 9.11. The predicted octanol–water partition coefficient (Wildman–Crippen LogP) is 4.75. The third kappa shape index (κ3) is 2.91. The molecule has 0 aromatic heterocycles. The SMILES string of the molecule is CCC(C)C(=O)c1cc(Br)c(C)cc1Br. The van der Waals surface area contributed by atoms with Gasteiger partial charge in [-0.3, -0.25) is 4.79 Å². The summed E-state index contributed by atoms with van der Waals surface area (Å²) < 4.78 is 1.87. The number of benzene rings is 1. The van der Waals surface area contributed by atoms with Crippen molar-refractivity contribution in [3.63, 3.8) is 0 Å². The number of carbonyl (C=O) groups excluding carboxylic acids is 1. The minimum absolute atomic E-state index is 0.0795. The quantitative estimate of drug-likeness (QED) is 0.729. The first kappa shape index (κ1) is 12.9. The van der Waals surface area contributed by atoms with E-state index in [0.717, 1.165) is 26.5 Å². The molecule has 1 nitrogen and oxygen atoms in total. The van der Waals surface area contributed by atoms with Crippen LogP contribution in [0.15, 0.2) is 21.1 Å². The highest BCUT2D eigenvalue weighted by Gasteiger charge is 2.17. The van der Waals surface area contributed by atoms with Crippen LogP contribution in [0.3, 0.4) is 0 Å². The molecule has 0 aliphatic carbocycles. The van der Waals surface area contributed by atoms with Crippen LogP contribution in [0, 0.1) is 12.8 Å². The Hall–Kier alpha value is -0.150. The lowest BCUT2D eigenvalue weighted by Crippen LogP contribution is -2.11. The summed E-state index contributed by atoms with van der Waals surface area (Å²) in [4.78, 5) is 12.0. The zero-order chi connectivity index (χ0) is 11.6. The molecule has 0 radical (unpaired) electrons. The van der Waals surface area contributed by atoms with Crippen LogP contribution in [0.25, 0.3) is 0 Å². The van der Waals surface area contributed by atoms with Gasteiger partial charge in [-0.2, -0.15) is 0 Å². The summed E-state index contributed by atoms with van der Waals surface area (Å²) >= 11 is 6.88. The summed E-state index contributed by atoms with van der Waals surface area (Å²) in [5.74, 6) is 0.279. The number of carbonyl (C=O) groups is 1. The van der Waals surface area contributed by atoms with Crippen LogP contribution in [0.2, 0.25) is 0 Å². The third-order valence-electron chi connectivity index (χ3n) is 2.57. The molecule has 0 N–H and O–H groups in total. The number of Topliss-reactive ketones (excluding diaryl/α,β-unsaturated/α-hetero) is 1. The lowest BCUT2D eigenvalue weighted by atomic mass is 9.97. The fraction of sp³-hybridized carbons (Fsp3) is 0.417. The van der Waals surface area contributed by atoms with E-state index in [1.165, 1.54) is 0 Å². The second-order valence-corrected chi connectivity index (χ2v) is 5.46. The Morgan fingerprint density at radius 1 is 1.33 bits per heavy atom. The second kappa shape index (κ2) is 5.26. The second-order valence-electron chi connectivity index (χ2n) is 3.75. The molecule has 0 aliphatic rings. The molecule has 0 aliphatic heterocycles. The maximum absolute atomic E-state index is 12.0. The summed E-state index contributed by atoms with van der Waals surface area (Å²) in [6.07, 6.45) is 0.872. The zero-order valence-corrected chi connectivity index (χ0v) is 12.3. The number of rotatable bonds is 3. The van der Waals surface area contributed by atoms with Gasteiger partial charge in [0.25, 0.3) is 0 Å². The lowest BCUT2D eigenvalue weighted by Gasteiger charge is -2.10. The zero-order valence-electron chi connectivity index (χ0n) is 9.10. The van der Waals surface area contributed by atoms with Crippen LogP contribution in [-0.2, 0) is 0 Å². The number of hydrogen-bond donors (Lipinski definition) is 0. The molecule has 3 heteroatoms. The van der Waals surface area contributed by atoms with Gasteiger partial charge < -0.3 is 0 Å². The third-order valence-corrected chi connectivity index (χ3v) is 4.08. The van der Waals surface area contributed by atoms with Gasteiger partial charge in [0.15, 0.2) is 5.78 Å². The molecule has 0 saturated carbocycles. The van der Waals surface area contributed by atoms with Crippen LogP contribution in [-0.4, -0.2) is 5.78 Å². The fourth-order valence-electron chi connectivity index (χ4n) is 1.29. The van der Waals surface area contributed by atoms with Crippen molar-refractivity contribution in [2.45, 2.75) is 27.2 Å². The molecule has 1 aromatic carbocycles. The van der Waals surface area contributed by atoms with Gasteiger partial charge in [0.05, 0.1) is 0 Å². The van der Waals surface area contributed by atoms with Crippen molar-refractivity contribution in [3.8, 4) is 0 Å². The molecule has 1 unspecified atom stereocenters. The van der Waals surface area contributed by atoms with E-state index in [4.69, 9.17) is 0 Å². The van der Waals surface area contributed by atoms with Crippen molar-refractivity contribution >= 4 is 37.6 Å². The lowest BCUT2D eigenvalue weighted by molar-refractivity contribution is 0.0926. The Bertz CT molecular complexity index is 385. The first-order valence-corrected chi connectivity index (χ1v) is 6.55. The average Bonchev–Trinajstić information content (AvgIpc) is 2.21. The van der Waals surface area contributed by atoms with E-state index >= 15 is 0 Å². The molecule has 1 atom stereocenters. The normalized spacial score (nSPS) is 12.6. The average molecular weight is 334 g/mol. The molecule has 1 aromatic rings. The fourth-order valence-corrected chi connectivity index (χ4v) is 2.28. The topological polar surface area (TPSA) is 17.1 Å². The van der Waals surface area contributed by atoms with Gasteiger partial charge in [-0.1, -0.05) is 45.7 Å². The summed E-state index contributed by atoms with van der Waals surface area (Å²) in [5, 5.41) is 0.